The van der Waals surface area contributed by atoms with Gasteiger partial charge in [0.1, 0.15) is 0 Å². The van der Waals surface area contributed by atoms with Gasteiger partial charge in [0.2, 0.25) is 0 Å². The van der Waals surface area contributed by atoms with Gasteiger partial charge in [-0.25, -0.2) is 0 Å². The van der Waals surface area contributed by atoms with Crippen LogP contribution in [-0.4, -0.2) is 33.8 Å². The minimum absolute atomic E-state index is 0.630. The molecule has 0 unspecified atom stereocenters. The molecule has 0 amide bonds. The van der Waals surface area contributed by atoms with Gasteiger partial charge in [-0.2, -0.15) is 0 Å². The molecule has 0 spiro atoms. The molecule has 0 fully saturated rings. The maximum atomic E-state index is 5.93. The first kappa shape index (κ1) is 15.7. The first-order valence-electron chi connectivity index (χ1n) is 6.17. The van der Waals surface area contributed by atoms with Crippen LogP contribution < -0.4 is 0 Å². The Morgan fingerprint density at radius 2 is 1.40 bits per heavy atom. The first-order valence-corrected chi connectivity index (χ1v) is 10.5. The van der Waals surface area contributed by atoms with Crippen LogP contribution in [-0.2, 0) is 6.15 Å². The van der Waals surface area contributed by atoms with Gasteiger partial charge in [0, 0.05) is 0 Å². The van der Waals surface area contributed by atoms with E-state index < -0.39 is 20.6 Å². The summed E-state index contributed by atoms with van der Waals surface area (Å²) in [6.45, 7) is 12.8. The Balaban J connectivity index is 3.73. The van der Waals surface area contributed by atoms with Gasteiger partial charge in [-0.15, -0.1) is 0 Å². The van der Waals surface area contributed by atoms with Crippen molar-refractivity contribution in [1.29, 1.82) is 0 Å². The summed E-state index contributed by atoms with van der Waals surface area (Å²) in [4.78, 5) is 0. The van der Waals surface area contributed by atoms with Gasteiger partial charge < -0.3 is 0 Å². The Bertz CT molecular complexity index is 126. The van der Waals surface area contributed by atoms with Crippen LogP contribution in [0.15, 0.2) is 0 Å². The molecule has 0 aliphatic heterocycles. The minimum atomic E-state index is -1.93. The quantitative estimate of drug-likeness (QED) is 0.604. The Morgan fingerprint density at radius 3 is 1.73 bits per heavy atom. The van der Waals surface area contributed by atoms with Crippen LogP contribution in [0.3, 0.4) is 0 Å². The van der Waals surface area contributed by atoms with Crippen molar-refractivity contribution in [3.05, 3.63) is 0 Å². The van der Waals surface area contributed by atoms with Crippen molar-refractivity contribution in [2.24, 2.45) is 11.8 Å². The Kier molecular flexibility index (Phi) is 10.4. The second kappa shape index (κ2) is 9.91. The van der Waals surface area contributed by atoms with Crippen LogP contribution in [0.1, 0.15) is 47.5 Å². The van der Waals surface area contributed by atoms with Crippen molar-refractivity contribution in [3.8, 4) is 0 Å². The van der Waals surface area contributed by atoms with E-state index in [9.17, 15) is 0 Å². The van der Waals surface area contributed by atoms with Crippen molar-refractivity contribution in [2.45, 2.75) is 51.9 Å². The topological polar surface area (TPSA) is 18.5 Å². The van der Waals surface area contributed by atoms with Gasteiger partial charge in [0.05, 0.1) is 0 Å². The Labute approximate surface area is 104 Å². The third kappa shape index (κ3) is 11.0. The zero-order chi connectivity index (χ0) is 11.7. The normalized spacial score (nSPS) is 12.0. The molecule has 0 aromatic heterocycles. The molecule has 3 heteroatoms. The molecular formula is C12H27O2Sn. The van der Waals surface area contributed by atoms with E-state index >= 15 is 0 Å². The van der Waals surface area contributed by atoms with E-state index in [-0.39, 0.29) is 0 Å². The summed E-state index contributed by atoms with van der Waals surface area (Å²) in [5.74, 6) is 1.26. The van der Waals surface area contributed by atoms with Gasteiger partial charge in [0.15, 0.2) is 0 Å². The molecule has 0 N–H and O–H groups in total. The maximum absolute atomic E-state index is 5.93. The fraction of sp³-hybridized carbons (Fsp3) is 1.00. The molecule has 0 aromatic rings. The van der Waals surface area contributed by atoms with Gasteiger partial charge in [-0.05, 0) is 0 Å². The van der Waals surface area contributed by atoms with E-state index in [4.69, 9.17) is 6.15 Å². The Morgan fingerprint density at radius 1 is 0.933 bits per heavy atom. The van der Waals surface area contributed by atoms with Gasteiger partial charge in [-0.3, -0.25) is 0 Å². The molecular weight excluding hydrogens is 295 g/mol. The Hall–Kier alpha value is 0.719. The van der Waals surface area contributed by atoms with E-state index in [0.717, 1.165) is 13.2 Å². The van der Waals surface area contributed by atoms with Gasteiger partial charge in [-0.1, -0.05) is 0 Å². The van der Waals surface area contributed by atoms with E-state index in [2.05, 4.69) is 34.6 Å². The molecule has 1 radical (unpaired) electrons. The molecule has 2 nitrogen and oxygen atoms in total. The van der Waals surface area contributed by atoms with Crippen molar-refractivity contribution in [3.63, 3.8) is 0 Å². The summed E-state index contributed by atoms with van der Waals surface area (Å²) in [6, 6.07) is 0. The number of rotatable bonds is 9. The number of unbranched alkanes of at least 4 members (excludes halogenated alkanes) is 1. The summed E-state index contributed by atoms with van der Waals surface area (Å²) in [7, 11) is 0. The zero-order valence-electron chi connectivity index (χ0n) is 11.0. The van der Waals surface area contributed by atoms with E-state index in [1.165, 1.54) is 17.3 Å². The van der Waals surface area contributed by atoms with Crippen molar-refractivity contribution >= 4 is 20.6 Å². The molecule has 0 bridgehead atoms. The molecule has 91 valence electrons. The van der Waals surface area contributed by atoms with Crippen molar-refractivity contribution in [2.75, 3.05) is 13.2 Å². The van der Waals surface area contributed by atoms with Crippen LogP contribution in [0.5, 0.6) is 0 Å². The van der Waals surface area contributed by atoms with Gasteiger partial charge in [0.25, 0.3) is 0 Å². The van der Waals surface area contributed by atoms with Crippen molar-refractivity contribution in [1.82, 2.24) is 0 Å². The summed E-state index contributed by atoms with van der Waals surface area (Å²) in [6.07, 6.45) is 2.52. The predicted molar refractivity (Wildman–Crippen MR) is 67.0 cm³/mol. The molecule has 0 saturated heterocycles. The third-order valence-corrected chi connectivity index (χ3v) is 6.85. The van der Waals surface area contributed by atoms with Crippen LogP contribution >= 0.6 is 0 Å². The standard InChI is InChI=1S/2C4H9O.C4H9.Sn/c2*1-4(2)3-5;1-3-4-2;/h2*4H,3H2,1-2H3;1,3-4H2,2H3;/q2*-1;;+2. The molecule has 15 heavy (non-hydrogen) atoms. The SMILES string of the molecule is CCC[CH2][Sn]([O]CC(C)C)[O]CC(C)C. The van der Waals surface area contributed by atoms with Crippen LogP contribution in [0, 0.1) is 11.8 Å². The predicted octanol–water partition coefficient (Wildman–Crippen LogP) is 3.62. The van der Waals surface area contributed by atoms with E-state index in [0.29, 0.717) is 11.8 Å². The van der Waals surface area contributed by atoms with Crippen LogP contribution in [0.4, 0.5) is 0 Å². The summed E-state index contributed by atoms with van der Waals surface area (Å²) in [5.41, 5.74) is 0. The monoisotopic (exact) mass is 323 g/mol. The molecule has 0 aliphatic carbocycles. The molecule has 0 heterocycles. The molecule has 0 aliphatic rings. The second-order valence-corrected chi connectivity index (χ2v) is 10.1. The second-order valence-electron chi connectivity index (χ2n) is 4.89. The van der Waals surface area contributed by atoms with E-state index in [1.807, 2.05) is 0 Å². The summed E-state index contributed by atoms with van der Waals surface area (Å²) >= 11 is -1.93. The average molecular weight is 322 g/mol. The average Bonchev–Trinajstić information content (AvgIpc) is 2.16. The van der Waals surface area contributed by atoms with Crippen LogP contribution in [0.25, 0.3) is 0 Å². The summed E-state index contributed by atoms with van der Waals surface area (Å²) < 4.78 is 13.1. The number of hydrogen-bond donors (Lipinski definition) is 0. The van der Waals surface area contributed by atoms with E-state index in [1.54, 1.807) is 0 Å². The third-order valence-electron chi connectivity index (χ3n) is 1.89. The molecule has 0 rings (SSSR count). The van der Waals surface area contributed by atoms with Crippen LogP contribution in [0.2, 0.25) is 4.44 Å². The molecule has 0 saturated carbocycles. The first-order chi connectivity index (χ1) is 7.06. The fourth-order valence-corrected chi connectivity index (χ4v) is 6.88. The zero-order valence-corrected chi connectivity index (χ0v) is 13.9. The number of hydrogen-bond acceptors (Lipinski definition) is 2. The summed E-state index contributed by atoms with van der Waals surface area (Å²) in [5, 5.41) is 0. The molecule has 0 aromatic carbocycles. The van der Waals surface area contributed by atoms with Crippen molar-refractivity contribution < 1.29 is 6.15 Å². The molecule has 0 atom stereocenters. The van der Waals surface area contributed by atoms with Gasteiger partial charge >= 0.3 is 104 Å². The fourth-order valence-electron chi connectivity index (χ4n) is 1.03.